The standard InChI is InChI=1S/C10H8BrF3INO3/c1-2-18-9(17)7-5(3-11)16-4-6(8(7)15)19-10(12,13)14/h4H,2-3H2,1H3. The Kier molecular flexibility index (Phi) is 5.83. The number of ether oxygens (including phenoxy) is 2. The van der Waals surface area contributed by atoms with E-state index in [0.717, 1.165) is 6.20 Å². The van der Waals surface area contributed by atoms with E-state index in [4.69, 9.17) is 4.74 Å². The van der Waals surface area contributed by atoms with Crippen LogP contribution in [0.25, 0.3) is 0 Å². The number of carbonyl (C=O) groups excluding carboxylic acids is 1. The molecule has 0 spiro atoms. The quantitative estimate of drug-likeness (QED) is 0.396. The second-order valence-electron chi connectivity index (χ2n) is 3.16. The van der Waals surface area contributed by atoms with Crippen LogP contribution in [0.2, 0.25) is 0 Å². The zero-order valence-corrected chi connectivity index (χ0v) is 13.3. The van der Waals surface area contributed by atoms with E-state index in [1.54, 1.807) is 29.5 Å². The summed E-state index contributed by atoms with van der Waals surface area (Å²) in [4.78, 5) is 15.5. The molecule has 0 aliphatic heterocycles. The molecule has 0 bridgehead atoms. The van der Waals surface area contributed by atoms with E-state index in [1.165, 1.54) is 0 Å². The van der Waals surface area contributed by atoms with E-state index in [0.29, 0.717) is 0 Å². The molecule has 0 aromatic carbocycles. The Morgan fingerprint density at radius 3 is 2.63 bits per heavy atom. The lowest BCUT2D eigenvalue weighted by Gasteiger charge is -2.14. The van der Waals surface area contributed by atoms with Gasteiger partial charge < -0.3 is 9.47 Å². The van der Waals surface area contributed by atoms with Gasteiger partial charge in [0.1, 0.15) is 0 Å². The Balaban J connectivity index is 3.25. The van der Waals surface area contributed by atoms with Gasteiger partial charge >= 0.3 is 12.3 Å². The molecule has 0 N–H and O–H groups in total. The molecule has 0 unspecified atom stereocenters. The first-order chi connectivity index (χ1) is 8.80. The fourth-order valence-corrected chi connectivity index (χ4v) is 2.42. The van der Waals surface area contributed by atoms with Crippen molar-refractivity contribution < 1.29 is 27.4 Å². The summed E-state index contributed by atoms with van der Waals surface area (Å²) < 4.78 is 45.2. The van der Waals surface area contributed by atoms with Crippen molar-refractivity contribution in [1.29, 1.82) is 0 Å². The van der Waals surface area contributed by atoms with E-state index in [1.807, 2.05) is 0 Å². The molecular formula is C10H8BrF3INO3. The normalized spacial score (nSPS) is 11.3. The second kappa shape index (κ2) is 6.73. The highest BCUT2D eigenvalue weighted by atomic mass is 127. The van der Waals surface area contributed by atoms with E-state index in [-0.39, 0.29) is 26.8 Å². The Labute approximate surface area is 128 Å². The number of alkyl halides is 4. The van der Waals surface area contributed by atoms with Crippen LogP contribution < -0.4 is 4.74 Å². The van der Waals surface area contributed by atoms with Crippen LogP contribution in [0.3, 0.4) is 0 Å². The van der Waals surface area contributed by atoms with Gasteiger partial charge in [0.25, 0.3) is 0 Å². The third-order valence-electron chi connectivity index (χ3n) is 1.89. The molecule has 1 aromatic heterocycles. The minimum absolute atomic E-state index is 0.0119. The van der Waals surface area contributed by atoms with Crippen LogP contribution in [0.4, 0.5) is 13.2 Å². The average Bonchev–Trinajstić information content (AvgIpc) is 2.30. The van der Waals surface area contributed by atoms with Gasteiger partial charge in [-0.25, -0.2) is 4.79 Å². The van der Waals surface area contributed by atoms with Crippen molar-refractivity contribution in [2.24, 2.45) is 0 Å². The summed E-state index contributed by atoms with van der Waals surface area (Å²) in [5.41, 5.74) is 0.262. The van der Waals surface area contributed by atoms with Crippen LogP contribution >= 0.6 is 38.5 Å². The van der Waals surface area contributed by atoms with E-state index >= 15 is 0 Å². The van der Waals surface area contributed by atoms with E-state index in [9.17, 15) is 18.0 Å². The Morgan fingerprint density at radius 1 is 1.53 bits per heavy atom. The summed E-state index contributed by atoms with van der Waals surface area (Å²) in [6, 6.07) is 0. The lowest BCUT2D eigenvalue weighted by Crippen LogP contribution is -2.20. The molecular weight excluding hydrogens is 446 g/mol. The number of hydrogen-bond donors (Lipinski definition) is 0. The summed E-state index contributed by atoms with van der Waals surface area (Å²) in [5, 5.41) is 0.212. The summed E-state index contributed by atoms with van der Waals surface area (Å²) >= 11 is 4.71. The van der Waals surface area contributed by atoms with Crippen molar-refractivity contribution in [2.75, 3.05) is 6.61 Å². The number of halogens is 5. The highest BCUT2D eigenvalue weighted by molar-refractivity contribution is 14.1. The van der Waals surface area contributed by atoms with Gasteiger partial charge in [0.2, 0.25) is 0 Å². The summed E-state index contributed by atoms with van der Waals surface area (Å²) in [5.74, 6) is -1.26. The molecule has 106 valence electrons. The number of nitrogens with zero attached hydrogens (tertiary/aromatic N) is 1. The van der Waals surface area contributed by atoms with Crippen molar-refractivity contribution >= 4 is 44.5 Å². The van der Waals surface area contributed by atoms with Crippen LogP contribution in [0, 0.1) is 3.57 Å². The highest BCUT2D eigenvalue weighted by Gasteiger charge is 2.33. The molecule has 9 heteroatoms. The molecule has 0 aliphatic rings. The van der Waals surface area contributed by atoms with E-state index < -0.39 is 18.1 Å². The zero-order valence-electron chi connectivity index (χ0n) is 9.55. The first-order valence-electron chi connectivity index (χ1n) is 4.96. The number of rotatable bonds is 4. The van der Waals surface area contributed by atoms with Crippen molar-refractivity contribution in [3.63, 3.8) is 0 Å². The molecule has 1 rings (SSSR count). The molecule has 0 amide bonds. The largest absolute Gasteiger partial charge is 0.573 e. The predicted molar refractivity (Wildman–Crippen MR) is 72.2 cm³/mol. The third-order valence-corrected chi connectivity index (χ3v) is 3.50. The first-order valence-corrected chi connectivity index (χ1v) is 7.16. The molecule has 0 aliphatic carbocycles. The van der Waals surface area contributed by atoms with Gasteiger partial charge in [-0.2, -0.15) is 0 Å². The Bertz CT molecular complexity index is 482. The van der Waals surface area contributed by atoms with Gasteiger partial charge in [0, 0.05) is 5.33 Å². The summed E-state index contributed by atoms with van der Waals surface area (Å²) in [7, 11) is 0. The topological polar surface area (TPSA) is 48.4 Å². The van der Waals surface area contributed by atoms with Gasteiger partial charge in [0.05, 0.1) is 27.6 Å². The molecule has 4 nitrogen and oxygen atoms in total. The maximum absolute atomic E-state index is 12.2. The van der Waals surface area contributed by atoms with Crippen LogP contribution in [-0.2, 0) is 10.1 Å². The monoisotopic (exact) mass is 453 g/mol. The van der Waals surface area contributed by atoms with Gasteiger partial charge in [-0.3, -0.25) is 4.98 Å². The number of esters is 1. The fraction of sp³-hybridized carbons (Fsp3) is 0.400. The summed E-state index contributed by atoms with van der Waals surface area (Å²) in [6.45, 7) is 1.71. The SMILES string of the molecule is CCOC(=O)c1c(CBr)ncc(OC(F)(F)F)c1I. The van der Waals surface area contributed by atoms with Gasteiger partial charge in [0.15, 0.2) is 5.75 Å². The molecule has 1 aromatic rings. The molecule has 19 heavy (non-hydrogen) atoms. The minimum atomic E-state index is -4.84. The van der Waals surface area contributed by atoms with E-state index in [2.05, 4.69) is 25.7 Å². The highest BCUT2D eigenvalue weighted by Crippen LogP contribution is 2.31. The van der Waals surface area contributed by atoms with Crippen molar-refractivity contribution in [3.05, 3.63) is 21.0 Å². The van der Waals surface area contributed by atoms with Crippen LogP contribution in [0.15, 0.2) is 6.20 Å². The fourth-order valence-electron chi connectivity index (χ4n) is 1.22. The number of pyridine rings is 1. The third kappa shape index (κ3) is 4.48. The van der Waals surface area contributed by atoms with Crippen LogP contribution in [0.5, 0.6) is 5.75 Å². The predicted octanol–water partition coefficient (Wildman–Crippen LogP) is 3.66. The Morgan fingerprint density at radius 2 is 2.16 bits per heavy atom. The van der Waals surface area contributed by atoms with Crippen molar-refractivity contribution in [2.45, 2.75) is 18.6 Å². The van der Waals surface area contributed by atoms with Gasteiger partial charge in [-0.05, 0) is 29.5 Å². The minimum Gasteiger partial charge on any atom is -0.462 e. The molecule has 1 heterocycles. The maximum Gasteiger partial charge on any atom is 0.573 e. The molecule has 0 fully saturated rings. The van der Waals surface area contributed by atoms with Crippen molar-refractivity contribution in [1.82, 2.24) is 4.98 Å². The average molecular weight is 454 g/mol. The van der Waals surface area contributed by atoms with Crippen molar-refractivity contribution in [3.8, 4) is 5.75 Å². The number of aromatic nitrogens is 1. The smallest absolute Gasteiger partial charge is 0.462 e. The van der Waals surface area contributed by atoms with Crippen LogP contribution in [0.1, 0.15) is 23.0 Å². The zero-order chi connectivity index (χ0) is 14.6. The molecule has 0 radical (unpaired) electrons. The lowest BCUT2D eigenvalue weighted by atomic mass is 10.2. The maximum atomic E-state index is 12.2. The lowest BCUT2D eigenvalue weighted by molar-refractivity contribution is -0.275. The molecule has 0 saturated heterocycles. The summed E-state index contributed by atoms with van der Waals surface area (Å²) in [6.07, 6.45) is -3.92. The first kappa shape index (κ1) is 16.5. The second-order valence-corrected chi connectivity index (χ2v) is 4.80. The molecule has 0 saturated carbocycles. The van der Waals surface area contributed by atoms with Gasteiger partial charge in [-0.15, -0.1) is 13.2 Å². The number of carbonyl (C=O) groups is 1. The number of hydrogen-bond acceptors (Lipinski definition) is 4. The van der Waals surface area contributed by atoms with Crippen LogP contribution in [-0.4, -0.2) is 23.9 Å². The molecule has 0 atom stereocenters. The van der Waals surface area contributed by atoms with Gasteiger partial charge in [-0.1, -0.05) is 15.9 Å². The Hall–Kier alpha value is -0.580.